The summed E-state index contributed by atoms with van der Waals surface area (Å²) in [4.78, 5) is 1.50. The van der Waals surface area contributed by atoms with Crippen molar-refractivity contribution >= 4 is 10.0 Å². The van der Waals surface area contributed by atoms with E-state index in [9.17, 15) is 17.2 Å². The summed E-state index contributed by atoms with van der Waals surface area (Å²) in [6.45, 7) is 3.61. The van der Waals surface area contributed by atoms with Crippen molar-refractivity contribution in [1.82, 2.24) is 9.21 Å². The Bertz CT molecular complexity index is 614. The largest absolute Gasteiger partial charge is 0.391 e. The molecule has 0 bridgehead atoms. The van der Waals surface area contributed by atoms with Crippen LogP contribution >= 0.6 is 0 Å². The highest BCUT2D eigenvalue weighted by Crippen LogP contribution is 2.24. The molecular formula is C13H18F2N2O3S. The second kappa shape index (κ2) is 6.35. The van der Waals surface area contributed by atoms with Gasteiger partial charge < -0.3 is 10.0 Å². The Kier molecular flexibility index (Phi) is 4.92. The molecule has 1 saturated heterocycles. The van der Waals surface area contributed by atoms with Crippen LogP contribution in [0.25, 0.3) is 0 Å². The van der Waals surface area contributed by atoms with Crippen LogP contribution in [0.3, 0.4) is 0 Å². The van der Waals surface area contributed by atoms with E-state index in [1.54, 1.807) is 0 Å². The molecule has 118 valence electrons. The zero-order valence-electron chi connectivity index (χ0n) is 11.7. The van der Waals surface area contributed by atoms with Crippen molar-refractivity contribution in [3.8, 4) is 0 Å². The lowest BCUT2D eigenvalue weighted by molar-refractivity contribution is 0.196. The molecule has 2 rings (SSSR count). The van der Waals surface area contributed by atoms with Gasteiger partial charge in [0.2, 0.25) is 10.0 Å². The van der Waals surface area contributed by atoms with E-state index in [0.717, 1.165) is 18.7 Å². The van der Waals surface area contributed by atoms with Gasteiger partial charge in [0.05, 0.1) is 12.2 Å². The average Bonchev–Trinajstić information content (AvgIpc) is 2.47. The smallest absolute Gasteiger partial charge is 0.246 e. The van der Waals surface area contributed by atoms with Gasteiger partial charge >= 0.3 is 0 Å². The third-order valence-corrected chi connectivity index (χ3v) is 5.62. The molecular weight excluding hydrogens is 302 g/mol. The van der Waals surface area contributed by atoms with Crippen LogP contribution < -0.4 is 0 Å². The van der Waals surface area contributed by atoms with Crippen LogP contribution in [0.4, 0.5) is 8.78 Å². The SMILES string of the molecule is CCN1CCN(S(=O)(=O)c2ccc(F)c(CO)c2F)CC1. The maximum absolute atomic E-state index is 14.1. The number of aliphatic hydroxyl groups excluding tert-OH is 1. The van der Waals surface area contributed by atoms with Crippen molar-refractivity contribution < 1.29 is 22.3 Å². The van der Waals surface area contributed by atoms with Gasteiger partial charge in [-0.25, -0.2) is 17.2 Å². The molecule has 1 aliphatic rings. The van der Waals surface area contributed by atoms with E-state index in [0.29, 0.717) is 13.1 Å². The van der Waals surface area contributed by atoms with Gasteiger partial charge in [-0.15, -0.1) is 0 Å². The molecule has 1 aliphatic heterocycles. The third-order valence-electron chi connectivity index (χ3n) is 3.71. The lowest BCUT2D eigenvalue weighted by Gasteiger charge is -2.33. The second-order valence-corrected chi connectivity index (χ2v) is 6.74. The molecule has 21 heavy (non-hydrogen) atoms. The van der Waals surface area contributed by atoms with E-state index < -0.39 is 38.7 Å². The van der Waals surface area contributed by atoms with E-state index in [1.165, 1.54) is 4.31 Å². The number of benzene rings is 1. The Morgan fingerprint density at radius 1 is 1.19 bits per heavy atom. The van der Waals surface area contributed by atoms with Crippen LogP contribution in [-0.2, 0) is 16.6 Å². The van der Waals surface area contributed by atoms with Crippen LogP contribution in [0.5, 0.6) is 0 Å². The first-order chi connectivity index (χ1) is 9.91. The average molecular weight is 320 g/mol. The number of likely N-dealkylation sites (N-methyl/N-ethyl adjacent to an activating group) is 1. The van der Waals surface area contributed by atoms with E-state index >= 15 is 0 Å². The molecule has 1 aromatic rings. The number of rotatable bonds is 4. The van der Waals surface area contributed by atoms with Crippen LogP contribution in [0, 0.1) is 11.6 Å². The van der Waals surface area contributed by atoms with Gasteiger partial charge in [0.25, 0.3) is 0 Å². The molecule has 8 heteroatoms. The lowest BCUT2D eigenvalue weighted by Crippen LogP contribution is -2.48. The molecule has 0 saturated carbocycles. The molecule has 1 fully saturated rings. The maximum atomic E-state index is 14.1. The lowest BCUT2D eigenvalue weighted by atomic mass is 10.2. The van der Waals surface area contributed by atoms with Gasteiger partial charge in [-0.1, -0.05) is 6.92 Å². The predicted molar refractivity (Wildman–Crippen MR) is 73.2 cm³/mol. The number of piperazine rings is 1. The summed E-state index contributed by atoms with van der Waals surface area (Å²) >= 11 is 0. The van der Waals surface area contributed by atoms with Crippen molar-refractivity contribution in [3.05, 3.63) is 29.3 Å². The number of hydrogen-bond acceptors (Lipinski definition) is 4. The highest BCUT2D eigenvalue weighted by atomic mass is 32.2. The molecule has 0 radical (unpaired) electrons. The van der Waals surface area contributed by atoms with Crippen molar-refractivity contribution in [1.29, 1.82) is 0 Å². The minimum Gasteiger partial charge on any atom is -0.391 e. The number of halogens is 2. The van der Waals surface area contributed by atoms with Crippen molar-refractivity contribution in [2.45, 2.75) is 18.4 Å². The van der Waals surface area contributed by atoms with E-state index in [-0.39, 0.29) is 13.1 Å². The van der Waals surface area contributed by atoms with E-state index in [4.69, 9.17) is 5.11 Å². The maximum Gasteiger partial charge on any atom is 0.246 e. The summed E-state index contributed by atoms with van der Waals surface area (Å²) in [6, 6.07) is 1.77. The van der Waals surface area contributed by atoms with Crippen molar-refractivity contribution in [2.24, 2.45) is 0 Å². The van der Waals surface area contributed by atoms with Gasteiger partial charge in [0.15, 0.2) is 5.82 Å². The zero-order valence-corrected chi connectivity index (χ0v) is 12.5. The fraction of sp³-hybridized carbons (Fsp3) is 0.538. The topological polar surface area (TPSA) is 60.9 Å². The Labute approximate surface area is 122 Å². The summed E-state index contributed by atoms with van der Waals surface area (Å²) in [6.07, 6.45) is 0. The molecule has 0 spiro atoms. The molecule has 0 aliphatic carbocycles. The molecule has 0 aromatic heterocycles. The molecule has 0 unspecified atom stereocenters. The monoisotopic (exact) mass is 320 g/mol. The van der Waals surface area contributed by atoms with Gasteiger partial charge in [0, 0.05) is 26.2 Å². The third kappa shape index (κ3) is 3.08. The van der Waals surface area contributed by atoms with Gasteiger partial charge in [-0.05, 0) is 18.7 Å². The molecule has 0 atom stereocenters. The summed E-state index contributed by atoms with van der Waals surface area (Å²) < 4.78 is 53.5. The second-order valence-electron chi connectivity index (χ2n) is 4.83. The number of sulfonamides is 1. The van der Waals surface area contributed by atoms with E-state index in [1.807, 2.05) is 6.92 Å². The first kappa shape index (κ1) is 16.3. The van der Waals surface area contributed by atoms with Crippen LogP contribution in [-0.4, -0.2) is 55.5 Å². The molecule has 1 aromatic carbocycles. The quantitative estimate of drug-likeness (QED) is 0.891. The standard InChI is InChI=1S/C13H18F2N2O3S/c1-2-16-5-7-17(8-6-16)21(19,20)12-4-3-11(14)10(9-18)13(12)15/h3-4,18H,2,5-9H2,1H3. The minimum atomic E-state index is -4.02. The fourth-order valence-electron chi connectivity index (χ4n) is 2.35. The summed E-state index contributed by atoms with van der Waals surface area (Å²) in [5, 5.41) is 8.97. The molecule has 1 heterocycles. The first-order valence-corrected chi connectivity index (χ1v) is 8.16. The Balaban J connectivity index is 2.33. The summed E-state index contributed by atoms with van der Waals surface area (Å²) in [5.74, 6) is -2.17. The van der Waals surface area contributed by atoms with Gasteiger partial charge in [-0.3, -0.25) is 0 Å². The van der Waals surface area contributed by atoms with Crippen LogP contribution in [0.15, 0.2) is 17.0 Å². The Hall–Kier alpha value is -1.09. The summed E-state index contributed by atoms with van der Waals surface area (Å²) in [7, 11) is -4.02. The Morgan fingerprint density at radius 2 is 1.81 bits per heavy atom. The number of nitrogens with zero attached hydrogens (tertiary/aromatic N) is 2. The normalized spacial score (nSPS) is 18.1. The molecule has 0 amide bonds. The first-order valence-electron chi connectivity index (χ1n) is 6.72. The molecule has 5 nitrogen and oxygen atoms in total. The highest BCUT2D eigenvalue weighted by molar-refractivity contribution is 7.89. The predicted octanol–water partition coefficient (Wildman–Crippen LogP) is 0.783. The summed E-state index contributed by atoms with van der Waals surface area (Å²) in [5.41, 5.74) is -0.622. The van der Waals surface area contributed by atoms with Crippen molar-refractivity contribution in [3.63, 3.8) is 0 Å². The fourth-order valence-corrected chi connectivity index (χ4v) is 3.86. The minimum absolute atomic E-state index is 0.265. The van der Waals surface area contributed by atoms with Crippen LogP contribution in [0.1, 0.15) is 12.5 Å². The highest BCUT2D eigenvalue weighted by Gasteiger charge is 2.31. The molecule has 1 N–H and O–H groups in total. The zero-order chi connectivity index (χ0) is 15.6. The van der Waals surface area contributed by atoms with Crippen molar-refractivity contribution in [2.75, 3.05) is 32.7 Å². The Morgan fingerprint density at radius 3 is 2.33 bits per heavy atom. The van der Waals surface area contributed by atoms with Gasteiger partial charge in [-0.2, -0.15) is 4.31 Å². The number of aliphatic hydroxyl groups is 1. The van der Waals surface area contributed by atoms with Gasteiger partial charge in [0.1, 0.15) is 10.7 Å². The van der Waals surface area contributed by atoms with E-state index in [2.05, 4.69) is 4.90 Å². The van der Waals surface area contributed by atoms with Crippen LogP contribution in [0.2, 0.25) is 0 Å². The number of hydrogen-bond donors (Lipinski definition) is 1.